The molecule has 0 fully saturated rings. The minimum Gasteiger partial charge on any atom is -0.488 e. The van der Waals surface area contributed by atoms with Crippen LogP contribution in [0.1, 0.15) is 179 Å². The second-order valence-electron chi connectivity index (χ2n) is 18.8. The number of ether oxygens (including phenoxy) is 2. The van der Waals surface area contributed by atoms with Crippen molar-refractivity contribution >= 4 is 24.2 Å². The van der Waals surface area contributed by atoms with Crippen molar-refractivity contribution in [3.05, 3.63) is 59.7 Å². The Morgan fingerprint density at radius 1 is 0.435 bits per heavy atom. The number of hydrazone groups is 2. The predicted octanol–water partition coefficient (Wildman–Crippen LogP) is 11.6. The first-order chi connectivity index (χ1) is 30.0. The van der Waals surface area contributed by atoms with Crippen LogP contribution < -0.4 is 20.3 Å². The van der Waals surface area contributed by atoms with E-state index in [-0.39, 0.29) is 0 Å². The molecule has 2 amide bonds. The second-order valence-corrected chi connectivity index (χ2v) is 18.8. The fraction of sp³-hybridized carbons (Fsp3) is 0.692. The molecule has 0 aliphatic rings. The molecule has 0 atom stereocenters. The van der Waals surface area contributed by atoms with Crippen LogP contribution in [-0.2, 0) is 9.59 Å². The van der Waals surface area contributed by atoms with Gasteiger partial charge in [0.15, 0.2) is 0 Å². The Labute approximate surface area is 378 Å². The van der Waals surface area contributed by atoms with Gasteiger partial charge in [0.1, 0.15) is 37.8 Å². The third kappa shape index (κ3) is 29.5. The van der Waals surface area contributed by atoms with E-state index in [1.54, 1.807) is 0 Å². The first kappa shape index (κ1) is 54.4. The van der Waals surface area contributed by atoms with Crippen LogP contribution in [0, 0.1) is 0 Å². The highest BCUT2D eigenvalue weighted by Crippen LogP contribution is 2.16. The number of nitrogens with one attached hydrogen (secondary N) is 2. The highest BCUT2D eigenvalue weighted by Gasteiger charge is 2.16. The van der Waals surface area contributed by atoms with Crippen LogP contribution in [0.3, 0.4) is 0 Å². The topological polar surface area (TPSA) is 101 Å². The second kappa shape index (κ2) is 34.7. The summed E-state index contributed by atoms with van der Waals surface area (Å²) in [7, 11) is 9.11. The van der Waals surface area contributed by atoms with Crippen LogP contribution >= 0.6 is 0 Å². The maximum Gasteiger partial charge on any atom is 0.331 e. The van der Waals surface area contributed by atoms with Gasteiger partial charge >= 0.3 is 11.8 Å². The van der Waals surface area contributed by atoms with Crippen molar-refractivity contribution < 1.29 is 28.0 Å². The zero-order valence-corrected chi connectivity index (χ0v) is 40.4. The summed E-state index contributed by atoms with van der Waals surface area (Å²) < 4.78 is 13.9. The lowest BCUT2D eigenvalue weighted by atomic mass is 10.1. The van der Waals surface area contributed by atoms with Crippen molar-refractivity contribution in [2.24, 2.45) is 10.2 Å². The SMILES string of the molecule is CCCCCCCCCCCCCC[N+](C)(C)CCOc1ccc(C=NNC(=O)C(=O)NN=Cc2ccc(OCC[N+](C)(C)CCCCCCCCCCCCCC)cc2)cc1. The minimum absolute atomic E-state index is 0.643. The van der Waals surface area contributed by atoms with Gasteiger partial charge in [-0.1, -0.05) is 142 Å². The van der Waals surface area contributed by atoms with E-state index in [1.807, 2.05) is 48.5 Å². The summed E-state index contributed by atoms with van der Waals surface area (Å²) in [6, 6.07) is 15.0. The molecule has 0 saturated carbocycles. The molecule has 2 rings (SSSR count). The Morgan fingerprint density at radius 2 is 0.710 bits per heavy atom. The fourth-order valence-electron chi connectivity index (χ4n) is 7.54. The molecule has 0 radical (unpaired) electrons. The van der Waals surface area contributed by atoms with Crippen LogP contribution in [0.15, 0.2) is 58.7 Å². The normalized spacial score (nSPS) is 12.0. The molecule has 10 heteroatoms. The molecular formula is C52H90N6O4+2. The van der Waals surface area contributed by atoms with Gasteiger partial charge in [-0.3, -0.25) is 9.59 Å². The average molecular weight is 863 g/mol. The number of quaternary nitrogens is 2. The summed E-state index contributed by atoms with van der Waals surface area (Å²) in [6.07, 6.45) is 35.8. The third-order valence-corrected chi connectivity index (χ3v) is 11.9. The van der Waals surface area contributed by atoms with Crippen LogP contribution in [0.4, 0.5) is 0 Å². The Morgan fingerprint density at radius 3 is 1.00 bits per heavy atom. The van der Waals surface area contributed by atoms with E-state index in [0.29, 0.717) is 13.2 Å². The Kier molecular flexibility index (Phi) is 30.4. The summed E-state index contributed by atoms with van der Waals surface area (Å²) in [5.74, 6) is -0.248. The third-order valence-electron chi connectivity index (χ3n) is 11.9. The van der Waals surface area contributed by atoms with Gasteiger partial charge in [-0.25, -0.2) is 10.9 Å². The van der Waals surface area contributed by atoms with Gasteiger partial charge in [0.2, 0.25) is 0 Å². The van der Waals surface area contributed by atoms with Gasteiger partial charge in [-0.15, -0.1) is 0 Å². The van der Waals surface area contributed by atoms with E-state index in [1.165, 1.54) is 167 Å². The van der Waals surface area contributed by atoms with Crippen molar-refractivity contribution in [2.45, 2.75) is 168 Å². The number of hydrogen-bond donors (Lipinski definition) is 2. The molecule has 2 N–H and O–H groups in total. The first-order valence-electron chi connectivity index (χ1n) is 24.8. The summed E-state index contributed by atoms with van der Waals surface area (Å²) >= 11 is 0. The number of hydrogen-bond acceptors (Lipinski definition) is 6. The average Bonchev–Trinajstić information content (AvgIpc) is 3.25. The summed E-state index contributed by atoms with van der Waals surface area (Å²) in [5.41, 5.74) is 6.04. The van der Waals surface area contributed by atoms with E-state index < -0.39 is 11.8 Å². The van der Waals surface area contributed by atoms with Gasteiger partial charge in [0.05, 0.1) is 53.7 Å². The minimum atomic E-state index is -0.911. The van der Waals surface area contributed by atoms with Crippen LogP contribution in [-0.4, -0.2) is 101 Å². The number of nitrogens with zero attached hydrogens (tertiary/aromatic N) is 4. The number of amides is 2. The monoisotopic (exact) mass is 863 g/mol. The number of benzene rings is 2. The molecule has 0 aliphatic carbocycles. The summed E-state index contributed by atoms with van der Waals surface area (Å²) in [4.78, 5) is 24.5. The highest BCUT2D eigenvalue weighted by molar-refractivity contribution is 6.35. The molecular weight excluding hydrogens is 773 g/mol. The van der Waals surface area contributed by atoms with E-state index in [2.05, 4.69) is 63.1 Å². The number of rotatable bonds is 38. The van der Waals surface area contributed by atoms with Gasteiger partial charge < -0.3 is 18.4 Å². The zero-order chi connectivity index (χ0) is 45.0. The van der Waals surface area contributed by atoms with Crippen molar-refractivity contribution in [3.63, 3.8) is 0 Å². The van der Waals surface area contributed by atoms with Gasteiger partial charge in [-0.2, -0.15) is 10.2 Å². The van der Waals surface area contributed by atoms with Crippen molar-refractivity contribution in [2.75, 3.05) is 67.6 Å². The van der Waals surface area contributed by atoms with Crippen molar-refractivity contribution in [3.8, 4) is 11.5 Å². The summed E-state index contributed by atoms with van der Waals surface area (Å²) in [5, 5.41) is 7.84. The fourth-order valence-corrected chi connectivity index (χ4v) is 7.54. The highest BCUT2D eigenvalue weighted by atomic mass is 16.5. The predicted molar refractivity (Wildman–Crippen MR) is 261 cm³/mol. The maximum atomic E-state index is 12.2. The van der Waals surface area contributed by atoms with E-state index in [9.17, 15) is 9.59 Å². The number of carbonyl (C=O) groups excluding carboxylic acids is 2. The molecule has 0 heterocycles. The lowest BCUT2D eigenvalue weighted by Crippen LogP contribution is -2.43. The Bertz CT molecular complexity index is 1360. The summed E-state index contributed by atoms with van der Waals surface area (Å²) in [6.45, 7) is 10.0. The van der Waals surface area contributed by atoms with E-state index >= 15 is 0 Å². The van der Waals surface area contributed by atoms with Gasteiger partial charge in [0.25, 0.3) is 0 Å². The molecule has 10 nitrogen and oxygen atoms in total. The maximum absolute atomic E-state index is 12.2. The molecule has 0 bridgehead atoms. The molecule has 2 aromatic carbocycles. The molecule has 0 saturated heterocycles. The van der Waals surface area contributed by atoms with Crippen molar-refractivity contribution in [1.82, 2.24) is 10.9 Å². The lowest BCUT2D eigenvalue weighted by Gasteiger charge is -2.29. The molecule has 0 spiro atoms. The van der Waals surface area contributed by atoms with Crippen LogP contribution in [0.2, 0.25) is 0 Å². The molecule has 0 aromatic heterocycles. The molecule has 0 aliphatic heterocycles. The number of unbranched alkanes of at least 4 members (excludes halogenated alkanes) is 22. The van der Waals surface area contributed by atoms with Crippen molar-refractivity contribution in [1.29, 1.82) is 0 Å². The van der Waals surface area contributed by atoms with Crippen LogP contribution in [0.5, 0.6) is 11.5 Å². The van der Waals surface area contributed by atoms with E-state index in [4.69, 9.17) is 9.47 Å². The molecule has 2 aromatic rings. The molecule has 62 heavy (non-hydrogen) atoms. The number of carbonyl (C=O) groups is 2. The number of likely N-dealkylation sites (N-methyl/N-ethyl adjacent to an activating group) is 2. The van der Waals surface area contributed by atoms with Gasteiger partial charge in [0, 0.05) is 0 Å². The first-order valence-corrected chi connectivity index (χ1v) is 24.8. The molecule has 350 valence electrons. The Balaban J connectivity index is 1.53. The van der Waals surface area contributed by atoms with Gasteiger partial charge in [-0.05, 0) is 85.3 Å². The standard InChI is InChI=1S/C52H88N6O4/c1-7-9-11-13-15-17-19-21-23-25-27-29-39-57(3,4)41-43-61-49-35-31-47(32-36-49)45-53-55-51(59)52(60)56-54-46-48-33-37-50(38-34-48)62-44-42-58(5,6)40-30-28-26-24-22-20-18-16-14-12-10-8-2/h31-38,45-46H,7-30,39-44H2,1-6H3/p+2. The van der Waals surface area contributed by atoms with E-state index in [0.717, 1.165) is 57.8 Å². The zero-order valence-electron chi connectivity index (χ0n) is 40.4. The smallest absolute Gasteiger partial charge is 0.331 e. The lowest BCUT2D eigenvalue weighted by molar-refractivity contribution is -0.890. The largest absolute Gasteiger partial charge is 0.488 e. The molecule has 0 unspecified atom stereocenters. The quantitative estimate of drug-likeness (QED) is 0.0231. The Hall–Kier alpha value is -3.76. The van der Waals surface area contributed by atoms with Crippen LogP contribution in [0.25, 0.3) is 0 Å².